The Morgan fingerprint density at radius 1 is 1.40 bits per heavy atom. The van der Waals surface area contributed by atoms with Crippen LogP contribution in [0.5, 0.6) is 0 Å². The van der Waals surface area contributed by atoms with Crippen molar-refractivity contribution in [1.82, 2.24) is 4.90 Å². The highest BCUT2D eigenvalue weighted by atomic mass is 79.9. The Kier molecular flexibility index (Phi) is 5.61. The molecule has 0 aliphatic carbocycles. The van der Waals surface area contributed by atoms with Crippen molar-refractivity contribution in [3.63, 3.8) is 0 Å². The van der Waals surface area contributed by atoms with Gasteiger partial charge in [0.1, 0.15) is 0 Å². The Morgan fingerprint density at radius 2 is 2.13 bits per heavy atom. The van der Waals surface area contributed by atoms with Gasteiger partial charge in [0.25, 0.3) is 0 Å². The Hall–Kier alpha value is -0.0900. The molecular formula is C11H16BrClN2. The van der Waals surface area contributed by atoms with E-state index in [9.17, 15) is 0 Å². The zero-order valence-corrected chi connectivity index (χ0v) is 11.2. The molecule has 1 rings (SSSR count). The third-order valence-electron chi connectivity index (χ3n) is 2.22. The Morgan fingerprint density at radius 3 is 2.67 bits per heavy atom. The summed E-state index contributed by atoms with van der Waals surface area (Å²) in [5.41, 5.74) is 6.75. The molecule has 0 unspecified atom stereocenters. The second kappa shape index (κ2) is 6.48. The number of nitrogens with zero attached hydrogens (tertiary/aromatic N) is 1. The molecule has 4 heteroatoms. The van der Waals surface area contributed by atoms with Gasteiger partial charge in [0.05, 0.1) is 0 Å². The monoisotopic (exact) mass is 290 g/mol. The summed E-state index contributed by atoms with van der Waals surface area (Å²) >= 11 is 9.42. The van der Waals surface area contributed by atoms with Crippen LogP contribution in [-0.4, -0.2) is 24.5 Å². The highest BCUT2D eigenvalue weighted by molar-refractivity contribution is 9.10. The number of nitrogens with two attached hydrogens (primary N) is 1. The normalized spacial score (nSPS) is 11.0. The average Bonchev–Trinajstić information content (AvgIpc) is 2.15. The van der Waals surface area contributed by atoms with E-state index >= 15 is 0 Å². The summed E-state index contributed by atoms with van der Waals surface area (Å²) in [6, 6.07) is 5.97. The topological polar surface area (TPSA) is 29.3 Å². The van der Waals surface area contributed by atoms with Crippen LogP contribution < -0.4 is 5.73 Å². The summed E-state index contributed by atoms with van der Waals surface area (Å²) in [5.74, 6) is 0. The van der Waals surface area contributed by atoms with E-state index in [1.807, 2.05) is 12.1 Å². The van der Waals surface area contributed by atoms with Crippen molar-refractivity contribution in [3.05, 3.63) is 33.3 Å². The molecule has 0 heterocycles. The van der Waals surface area contributed by atoms with Gasteiger partial charge in [0, 0.05) is 29.1 Å². The zero-order chi connectivity index (χ0) is 11.3. The van der Waals surface area contributed by atoms with Gasteiger partial charge in [-0.2, -0.15) is 0 Å². The number of likely N-dealkylation sites (N-methyl/N-ethyl adjacent to an activating group) is 1. The number of rotatable bonds is 5. The first kappa shape index (κ1) is 13.0. The van der Waals surface area contributed by atoms with Crippen LogP contribution in [0.1, 0.15) is 12.5 Å². The molecule has 0 atom stereocenters. The van der Waals surface area contributed by atoms with Crippen molar-refractivity contribution in [3.8, 4) is 0 Å². The zero-order valence-electron chi connectivity index (χ0n) is 8.84. The van der Waals surface area contributed by atoms with Crippen LogP contribution in [0.4, 0.5) is 0 Å². The molecule has 0 saturated carbocycles. The van der Waals surface area contributed by atoms with E-state index in [2.05, 4.69) is 33.8 Å². The molecule has 1 aromatic carbocycles. The van der Waals surface area contributed by atoms with Gasteiger partial charge in [0.15, 0.2) is 0 Å². The molecule has 0 radical (unpaired) electrons. The number of benzene rings is 1. The molecule has 0 amide bonds. The first-order chi connectivity index (χ1) is 7.15. The molecule has 0 saturated heterocycles. The van der Waals surface area contributed by atoms with Gasteiger partial charge < -0.3 is 5.73 Å². The third-order valence-corrected chi connectivity index (χ3v) is 2.90. The number of hydrogen-bond donors (Lipinski definition) is 1. The van der Waals surface area contributed by atoms with Crippen LogP contribution in [0.15, 0.2) is 22.7 Å². The lowest BCUT2D eigenvalue weighted by atomic mass is 10.2. The van der Waals surface area contributed by atoms with Crippen molar-refractivity contribution >= 4 is 27.5 Å². The van der Waals surface area contributed by atoms with Gasteiger partial charge in [-0.3, -0.25) is 4.90 Å². The molecule has 0 fully saturated rings. The maximum Gasteiger partial charge on any atom is 0.0420 e. The quantitative estimate of drug-likeness (QED) is 0.904. The van der Waals surface area contributed by atoms with E-state index in [1.54, 1.807) is 0 Å². The van der Waals surface area contributed by atoms with Crippen LogP contribution >= 0.6 is 27.5 Å². The average molecular weight is 292 g/mol. The molecule has 84 valence electrons. The smallest absolute Gasteiger partial charge is 0.0420 e. The maximum atomic E-state index is 5.98. The van der Waals surface area contributed by atoms with Crippen molar-refractivity contribution in [2.75, 3.05) is 19.6 Å². The van der Waals surface area contributed by atoms with Crippen LogP contribution in [-0.2, 0) is 6.54 Å². The molecule has 0 aliphatic heterocycles. The summed E-state index contributed by atoms with van der Waals surface area (Å²) < 4.78 is 1.02. The standard InChI is InChI=1S/C11H16BrClN2/c1-2-15(4-3-14)8-9-5-10(12)7-11(13)6-9/h5-7H,2-4,8,14H2,1H3. The molecule has 1 aromatic rings. The van der Waals surface area contributed by atoms with Gasteiger partial charge in [-0.15, -0.1) is 0 Å². The van der Waals surface area contributed by atoms with E-state index < -0.39 is 0 Å². The van der Waals surface area contributed by atoms with Crippen molar-refractivity contribution < 1.29 is 0 Å². The fourth-order valence-corrected chi connectivity index (χ4v) is 2.42. The number of hydrogen-bond acceptors (Lipinski definition) is 2. The van der Waals surface area contributed by atoms with Crippen molar-refractivity contribution in [2.24, 2.45) is 5.73 Å². The van der Waals surface area contributed by atoms with E-state index in [0.29, 0.717) is 6.54 Å². The van der Waals surface area contributed by atoms with E-state index in [1.165, 1.54) is 5.56 Å². The predicted molar refractivity (Wildman–Crippen MR) is 69.2 cm³/mol. The number of halogens is 2. The highest BCUT2D eigenvalue weighted by Gasteiger charge is 2.04. The summed E-state index contributed by atoms with van der Waals surface area (Å²) in [6.45, 7) is 5.64. The molecule has 15 heavy (non-hydrogen) atoms. The minimum absolute atomic E-state index is 0.690. The summed E-state index contributed by atoms with van der Waals surface area (Å²) in [7, 11) is 0. The maximum absolute atomic E-state index is 5.98. The summed E-state index contributed by atoms with van der Waals surface area (Å²) in [6.07, 6.45) is 0. The molecule has 0 aliphatic rings. The minimum atomic E-state index is 0.690. The largest absolute Gasteiger partial charge is 0.329 e. The van der Waals surface area contributed by atoms with E-state index in [-0.39, 0.29) is 0 Å². The SMILES string of the molecule is CCN(CCN)Cc1cc(Cl)cc(Br)c1. The van der Waals surface area contributed by atoms with E-state index in [0.717, 1.165) is 29.1 Å². The first-order valence-corrected chi connectivity index (χ1v) is 6.20. The van der Waals surface area contributed by atoms with Crippen molar-refractivity contribution in [1.29, 1.82) is 0 Å². The molecule has 0 aromatic heterocycles. The molecule has 0 bridgehead atoms. The molecule has 0 spiro atoms. The molecule has 2 N–H and O–H groups in total. The Bertz CT molecular complexity index is 297. The second-order valence-corrected chi connectivity index (χ2v) is 4.79. The highest BCUT2D eigenvalue weighted by Crippen LogP contribution is 2.20. The lowest BCUT2D eigenvalue weighted by Gasteiger charge is -2.19. The van der Waals surface area contributed by atoms with Gasteiger partial charge in [-0.1, -0.05) is 34.5 Å². The fraction of sp³-hybridized carbons (Fsp3) is 0.455. The lowest BCUT2D eigenvalue weighted by Crippen LogP contribution is -2.28. The fourth-order valence-electron chi connectivity index (χ4n) is 1.49. The van der Waals surface area contributed by atoms with E-state index in [4.69, 9.17) is 17.3 Å². The van der Waals surface area contributed by atoms with Gasteiger partial charge in [-0.25, -0.2) is 0 Å². The third kappa shape index (κ3) is 4.51. The summed E-state index contributed by atoms with van der Waals surface area (Å²) in [4.78, 5) is 2.29. The molecular weight excluding hydrogens is 275 g/mol. The Labute approximate surface area is 105 Å². The van der Waals surface area contributed by atoms with Crippen LogP contribution in [0, 0.1) is 0 Å². The Balaban J connectivity index is 2.69. The van der Waals surface area contributed by atoms with Gasteiger partial charge in [-0.05, 0) is 30.3 Å². The predicted octanol–water partition coefficient (Wildman–Crippen LogP) is 2.88. The molecule has 2 nitrogen and oxygen atoms in total. The second-order valence-electron chi connectivity index (χ2n) is 3.44. The first-order valence-electron chi connectivity index (χ1n) is 5.03. The van der Waals surface area contributed by atoms with Crippen LogP contribution in [0.25, 0.3) is 0 Å². The minimum Gasteiger partial charge on any atom is -0.329 e. The van der Waals surface area contributed by atoms with Gasteiger partial charge >= 0.3 is 0 Å². The summed E-state index contributed by atoms with van der Waals surface area (Å²) in [5, 5.41) is 0.767. The van der Waals surface area contributed by atoms with Gasteiger partial charge in [0.2, 0.25) is 0 Å². The van der Waals surface area contributed by atoms with Crippen LogP contribution in [0.3, 0.4) is 0 Å². The van der Waals surface area contributed by atoms with Crippen molar-refractivity contribution in [2.45, 2.75) is 13.5 Å². The van der Waals surface area contributed by atoms with Crippen LogP contribution in [0.2, 0.25) is 5.02 Å². The lowest BCUT2D eigenvalue weighted by molar-refractivity contribution is 0.288.